The van der Waals surface area contributed by atoms with E-state index in [1.54, 1.807) is 0 Å². The topological polar surface area (TPSA) is 74.6 Å². The van der Waals surface area contributed by atoms with Crippen molar-refractivity contribution in [2.24, 2.45) is 47.3 Å². The Balaban J connectivity index is 1.24. The summed E-state index contributed by atoms with van der Waals surface area (Å²) in [6.45, 7) is 19.3. The number of amides is 1. The molecule has 4 fully saturated rings. The summed E-state index contributed by atoms with van der Waals surface area (Å²) in [5.74, 6) is 7.96. The Bertz CT molecular complexity index is 980. The molecule has 0 spiro atoms. The van der Waals surface area contributed by atoms with Crippen LogP contribution in [0.5, 0.6) is 0 Å². The van der Waals surface area contributed by atoms with Crippen molar-refractivity contribution >= 4 is 36.0 Å². The lowest BCUT2D eigenvalue weighted by Crippen LogP contribution is -2.46. The molecule has 4 aliphatic rings. The van der Waals surface area contributed by atoms with Gasteiger partial charge in [-0.25, -0.2) is 4.67 Å². The van der Waals surface area contributed by atoms with Crippen molar-refractivity contribution in [3.63, 3.8) is 0 Å². The van der Waals surface area contributed by atoms with E-state index in [4.69, 9.17) is 14.3 Å². The summed E-state index contributed by atoms with van der Waals surface area (Å²) in [5.41, 5.74) is 0. The Morgan fingerprint density at radius 2 is 1.57 bits per heavy atom. The van der Waals surface area contributed by atoms with Gasteiger partial charge in [-0.1, -0.05) is 49.3 Å². The highest BCUT2D eigenvalue weighted by Gasteiger charge is 2.52. The number of nitrogens with zero attached hydrogens (tertiary/aromatic N) is 2. The minimum absolute atomic E-state index is 0.242. The highest BCUT2D eigenvalue weighted by Crippen LogP contribution is 2.61. The maximum absolute atomic E-state index is 12.6. The molecule has 46 heavy (non-hydrogen) atoms. The van der Waals surface area contributed by atoms with Gasteiger partial charge in [-0.3, -0.25) is 4.79 Å². The molecule has 0 heterocycles. The molecule has 1 N–H and O–H groups in total. The molecule has 9 heteroatoms. The number of carbonyl (C=O) groups excluding carboxylic acids is 1. The third-order valence-electron chi connectivity index (χ3n) is 11.6. The largest absolute Gasteiger partial charge is 0.355 e. The van der Waals surface area contributed by atoms with E-state index >= 15 is 0 Å². The van der Waals surface area contributed by atoms with Gasteiger partial charge in [-0.15, -0.1) is 0 Å². The van der Waals surface area contributed by atoms with E-state index in [2.05, 4.69) is 71.4 Å². The third-order valence-corrected chi connectivity index (χ3v) is 17.1. The number of rotatable bonds is 16. The first-order valence-electron chi connectivity index (χ1n) is 18.7. The molecule has 4 saturated carbocycles. The number of nitrogens with one attached hydrogen (secondary N) is 1. The minimum Gasteiger partial charge on any atom is -0.355 e. The molecular weight excluding hydrogens is 630 g/mol. The van der Waals surface area contributed by atoms with Crippen molar-refractivity contribution in [3.8, 4) is 6.07 Å². The highest BCUT2D eigenvalue weighted by molar-refractivity contribution is 8.77. The average Bonchev–Trinajstić information content (AvgIpc) is 3.43. The van der Waals surface area contributed by atoms with Crippen LogP contribution in [0.4, 0.5) is 0 Å². The summed E-state index contributed by atoms with van der Waals surface area (Å²) in [6.07, 6.45) is 14.5. The van der Waals surface area contributed by atoms with Gasteiger partial charge in [0.05, 0.1) is 25.2 Å². The maximum atomic E-state index is 12.6. The normalized spacial score (nSPS) is 32.5. The SMILES string of the molecule is CC(C)N(C(C)C)P(OCCC#N)O[C@@H]1CCC2C(CCC3C2CCC2C3CC[C@@H]2[C@H](C)CCC(=O)NCCSSC(C)(C)C)C1. The summed E-state index contributed by atoms with van der Waals surface area (Å²) >= 11 is 0. The third kappa shape index (κ3) is 10.7. The van der Waals surface area contributed by atoms with Crippen molar-refractivity contribution < 1.29 is 13.8 Å². The van der Waals surface area contributed by atoms with E-state index in [9.17, 15) is 4.79 Å². The first-order valence-corrected chi connectivity index (χ1v) is 22.2. The summed E-state index contributed by atoms with van der Waals surface area (Å²) in [5, 5.41) is 12.3. The zero-order valence-electron chi connectivity index (χ0n) is 30.3. The molecule has 0 radical (unpaired) electrons. The zero-order valence-corrected chi connectivity index (χ0v) is 32.9. The van der Waals surface area contributed by atoms with Crippen molar-refractivity contribution in [1.82, 2.24) is 9.99 Å². The maximum Gasteiger partial charge on any atom is 0.259 e. The van der Waals surface area contributed by atoms with Crippen LogP contribution in [-0.4, -0.2) is 52.4 Å². The molecule has 1 amide bonds. The molecule has 0 aromatic carbocycles. The van der Waals surface area contributed by atoms with Crippen LogP contribution in [0, 0.1) is 58.7 Å². The lowest BCUT2D eigenvalue weighted by molar-refractivity contribution is -0.121. The van der Waals surface area contributed by atoms with Gasteiger partial charge in [0, 0.05) is 35.5 Å². The molecule has 0 saturated heterocycles. The summed E-state index contributed by atoms with van der Waals surface area (Å²) < 4.78 is 15.7. The predicted octanol–water partition coefficient (Wildman–Crippen LogP) is 10.2. The molecular formula is C37H66N3O3PS2. The highest BCUT2D eigenvalue weighted by atomic mass is 33.1. The van der Waals surface area contributed by atoms with Crippen LogP contribution in [0.25, 0.3) is 0 Å². The fraction of sp³-hybridized carbons (Fsp3) is 0.946. The smallest absolute Gasteiger partial charge is 0.259 e. The summed E-state index contributed by atoms with van der Waals surface area (Å²) in [4.78, 5) is 12.6. The Morgan fingerprint density at radius 3 is 2.26 bits per heavy atom. The second-order valence-corrected chi connectivity index (χ2v) is 21.1. The van der Waals surface area contributed by atoms with E-state index in [0.29, 0.717) is 37.5 Å². The van der Waals surface area contributed by atoms with Crippen LogP contribution in [-0.2, 0) is 13.8 Å². The van der Waals surface area contributed by atoms with E-state index in [0.717, 1.165) is 66.6 Å². The molecule has 0 aromatic heterocycles. The molecule has 0 bridgehead atoms. The van der Waals surface area contributed by atoms with Crippen molar-refractivity contribution in [1.29, 1.82) is 5.26 Å². The standard InChI is InChI=1S/C37H66N3O3PS2/c1-25(2)40(26(3)4)44(42-22-9-20-38)43-29-12-14-31-28(24-29)11-13-34-33(31)18-17-32-30(15-16-35(32)34)27(5)10-19-36(41)39-21-23-45-46-37(6,7)8/h25-35H,9-19,21-24H2,1-8H3,(H,39,41)/t27-,28?,29-,30-,31?,32?,33?,34?,35?,44?/m1/s1. The van der Waals surface area contributed by atoms with Gasteiger partial charge in [0.15, 0.2) is 0 Å². The van der Waals surface area contributed by atoms with E-state index in [1.807, 2.05) is 21.6 Å². The number of hydrogen-bond donors (Lipinski definition) is 1. The van der Waals surface area contributed by atoms with Crippen molar-refractivity contribution in [2.45, 2.75) is 155 Å². The molecule has 7 unspecified atom stereocenters. The van der Waals surface area contributed by atoms with Gasteiger partial charge in [-0.05, 0) is 139 Å². The molecule has 6 nitrogen and oxygen atoms in total. The van der Waals surface area contributed by atoms with E-state index in [-0.39, 0.29) is 16.8 Å². The quantitative estimate of drug-likeness (QED) is 0.0979. The first-order chi connectivity index (χ1) is 21.9. The number of nitriles is 1. The van der Waals surface area contributed by atoms with Gasteiger partial charge in [0.2, 0.25) is 5.91 Å². The van der Waals surface area contributed by atoms with Crippen molar-refractivity contribution in [3.05, 3.63) is 0 Å². The number of carbonyl (C=O) groups is 1. The Kier molecular flexibility index (Phi) is 15.4. The van der Waals surface area contributed by atoms with Crippen LogP contribution in [0.2, 0.25) is 0 Å². The van der Waals surface area contributed by atoms with Gasteiger partial charge < -0.3 is 14.4 Å². The van der Waals surface area contributed by atoms with Gasteiger partial charge in [0.25, 0.3) is 8.53 Å². The van der Waals surface area contributed by atoms with Crippen LogP contribution in [0.1, 0.15) is 132 Å². The van der Waals surface area contributed by atoms with Crippen LogP contribution in [0.15, 0.2) is 0 Å². The molecule has 0 aliphatic heterocycles. The van der Waals surface area contributed by atoms with Crippen molar-refractivity contribution in [2.75, 3.05) is 18.9 Å². The second-order valence-electron chi connectivity index (χ2n) is 16.4. The average molecular weight is 696 g/mol. The van der Waals surface area contributed by atoms with Crippen LogP contribution >= 0.6 is 30.1 Å². The molecule has 264 valence electrons. The fourth-order valence-corrected chi connectivity index (χ4v) is 13.8. The predicted molar refractivity (Wildman–Crippen MR) is 197 cm³/mol. The second kappa shape index (κ2) is 18.3. The van der Waals surface area contributed by atoms with Gasteiger partial charge in [0.1, 0.15) is 0 Å². The van der Waals surface area contributed by atoms with Gasteiger partial charge >= 0.3 is 0 Å². The van der Waals surface area contributed by atoms with E-state index < -0.39 is 8.53 Å². The molecule has 0 aromatic rings. The van der Waals surface area contributed by atoms with E-state index in [1.165, 1.54) is 51.4 Å². The number of hydrogen-bond acceptors (Lipinski definition) is 7. The lowest BCUT2D eigenvalue weighted by Gasteiger charge is -2.53. The summed E-state index contributed by atoms with van der Waals surface area (Å²) in [7, 11) is 2.60. The molecule has 4 aliphatic carbocycles. The molecule has 10 atom stereocenters. The summed E-state index contributed by atoms with van der Waals surface area (Å²) in [6, 6.07) is 2.92. The lowest BCUT2D eigenvalue weighted by atomic mass is 9.53. The monoisotopic (exact) mass is 695 g/mol. The van der Waals surface area contributed by atoms with Crippen LogP contribution < -0.4 is 5.32 Å². The fourth-order valence-electron chi connectivity index (χ4n) is 9.85. The van der Waals surface area contributed by atoms with Crippen LogP contribution in [0.3, 0.4) is 0 Å². The first kappa shape index (κ1) is 38.8. The Hall–Kier alpha value is -0.0300. The number of fused-ring (bicyclic) bond motifs is 5. The minimum atomic E-state index is -1.16. The van der Waals surface area contributed by atoms with Gasteiger partial charge in [-0.2, -0.15) is 5.26 Å². The zero-order chi connectivity index (χ0) is 33.4. The Morgan fingerprint density at radius 1 is 0.935 bits per heavy atom. The Labute approximate surface area is 291 Å². The molecule has 4 rings (SSSR count).